The van der Waals surface area contributed by atoms with E-state index in [1.54, 1.807) is 42.5 Å². The Morgan fingerprint density at radius 2 is 1.77 bits per heavy atom. The Kier molecular flexibility index (Phi) is 9.94. The lowest BCUT2D eigenvalue weighted by molar-refractivity contribution is -0.245. The van der Waals surface area contributed by atoms with Crippen LogP contribution in [-0.4, -0.2) is 46.0 Å². The van der Waals surface area contributed by atoms with Crippen molar-refractivity contribution >= 4 is 35.3 Å². The number of ether oxygens (including phenoxy) is 3. The van der Waals surface area contributed by atoms with E-state index in [0.717, 1.165) is 11.1 Å². The number of aromatic carboxylic acids is 1. The van der Waals surface area contributed by atoms with Crippen molar-refractivity contribution in [3.8, 4) is 0 Å². The molecule has 0 bridgehead atoms. The van der Waals surface area contributed by atoms with Crippen LogP contribution in [0.2, 0.25) is 0 Å². The Hall–Kier alpha value is -3.70. The van der Waals surface area contributed by atoms with Gasteiger partial charge in [0, 0.05) is 35.2 Å². The number of aliphatic hydroxyl groups excluding tert-OH is 1. The number of benzene rings is 3. The molecule has 0 radical (unpaired) electrons. The van der Waals surface area contributed by atoms with Gasteiger partial charge in [-0.25, -0.2) is 4.79 Å². The normalized spacial score (nSPS) is 19.4. The van der Waals surface area contributed by atoms with Crippen LogP contribution >= 0.6 is 11.8 Å². The van der Waals surface area contributed by atoms with Gasteiger partial charge in [0.2, 0.25) is 0 Å². The van der Waals surface area contributed by atoms with E-state index in [9.17, 15) is 24.6 Å². The van der Waals surface area contributed by atoms with Crippen LogP contribution in [0.3, 0.4) is 0 Å². The third-order valence-corrected chi connectivity index (χ3v) is 7.50. The summed E-state index contributed by atoms with van der Waals surface area (Å²) in [6.07, 6.45) is -1.79. The molecule has 0 aliphatic carbocycles. The van der Waals surface area contributed by atoms with Crippen molar-refractivity contribution in [1.29, 1.82) is 0 Å². The molecule has 1 heterocycles. The summed E-state index contributed by atoms with van der Waals surface area (Å²) in [4.78, 5) is 36.0. The second kappa shape index (κ2) is 13.6. The Morgan fingerprint density at radius 3 is 2.48 bits per heavy atom. The van der Waals surface area contributed by atoms with Crippen LogP contribution < -0.4 is 5.32 Å². The number of rotatable bonds is 10. The number of thioether (sulfide) groups is 1. The molecular weight excluding hydrogens is 534 g/mol. The van der Waals surface area contributed by atoms with Gasteiger partial charge >= 0.3 is 11.9 Å². The third-order valence-electron chi connectivity index (χ3n) is 6.30. The summed E-state index contributed by atoms with van der Waals surface area (Å²) in [6.45, 7) is 2.67. The number of esters is 1. The van der Waals surface area contributed by atoms with Gasteiger partial charge in [-0.05, 0) is 42.3 Å². The maximum absolute atomic E-state index is 12.5. The van der Waals surface area contributed by atoms with Crippen molar-refractivity contribution in [2.75, 3.05) is 11.1 Å². The lowest BCUT2D eigenvalue weighted by Gasteiger charge is -2.36. The van der Waals surface area contributed by atoms with Gasteiger partial charge in [0.15, 0.2) is 12.4 Å². The third kappa shape index (κ3) is 7.70. The summed E-state index contributed by atoms with van der Waals surface area (Å²) < 4.78 is 17.7. The summed E-state index contributed by atoms with van der Waals surface area (Å²) >= 11 is 1.41. The number of carboxylic acids is 1. The van der Waals surface area contributed by atoms with Crippen LogP contribution in [0.5, 0.6) is 0 Å². The van der Waals surface area contributed by atoms with Crippen molar-refractivity contribution in [1.82, 2.24) is 0 Å². The zero-order chi connectivity index (χ0) is 28.6. The molecule has 3 N–H and O–H groups in total. The number of anilines is 1. The SMILES string of the molecule is CC(=O)OC(C)C(=O)Nc1cccc(C2OC(CSc3ccccc3C(=O)O)CC(c3ccc(CO)cc3)O2)c1. The highest BCUT2D eigenvalue weighted by atomic mass is 32.2. The Balaban J connectivity index is 1.55. The standard InChI is InChI=1S/C30H31NO8S/c1-18(37-19(2)33)28(34)31-23-7-5-6-22(14-23)30-38-24(17-40-27-9-4-3-8-25(27)29(35)36)15-26(39-30)21-12-10-20(16-32)11-13-21/h3-14,18,24,26,30,32H,15-17H2,1-2H3,(H,31,34)(H,35,36). The van der Waals surface area contributed by atoms with E-state index in [2.05, 4.69) is 5.32 Å². The predicted octanol–water partition coefficient (Wildman–Crippen LogP) is 5.10. The van der Waals surface area contributed by atoms with Gasteiger partial charge in [-0.15, -0.1) is 11.8 Å². The molecule has 3 aromatic rings. The first kappa shape index (κ1) is 29.3. The lowest BCUT2D eigenvalue weighted by Crippen LogP contribution is -2.31. The molecular formula is C30H31NO8S. The number of amides is 1. The van der Waals surface area contributed by atoms with Gasteiger partial charge in [0.1, 0.15) is 0 Å². The molecule has 1 fully saturated rings. The molecule has 1 aliphatic rings. The molecule has 0 aromatic heterocycles. The lowest BCUT2D eigenvalue weighted by atomic mass is 10.0. The average molecular weight is 566 g/mol. The highest BCUT2D eigenvalue weighted by molar-refractivity contribution is 7.99. The van der Waals surface area contributed by atoms with Crippen molar-refractivity contribution < 1.29 is 38.8 Å². The molecule has 4 unspecified atom stereocenters. The number of aliphatic hydroxyl groups is 1. The topological polar surface area (TPSA) is 131 Å². The van der Waals surface area contributed by atoms with Gasteiger partial charge in [0.05, 0.1) is 24.4 Å². The molecule has 9 nitrogen and oxygen atoms in total. The molecule has 3 aromatic carbocycles. The van der Waals surface area contributed by atoms with E-state index in [4.69, 9.17) is 14.2 Å². The number of carbonyl (C=O) groups is 3. The van der Waals surface area contributed by atoms with E-state index < -0.39 is 30.2 Å². The Bertz CT molecular complexity index is 1350. The zero-order valence-electron chi connectivity index (χ0n) is 22.1. The number of hydrogen-bond acceptors (Lipinski definition) is 8. The highest BCUT2D eigenvalue weighted by Crippen LogP contribution is 2.40. The Morgan fingerprint density at radius 1 is 1.02 bits per heavy atom. The van der Waals surface area contributed by atoms with Crippen molar-refractivity contribution in [2.24, 2.45) is 0 Å². The molecule has 40 heavy (non-hydrogen) atoms. The second-order valence-electron chi connectivity index (χ2n) is 9.33. The molecule has 4 atom stereocenters. The van der Waals surface area contributed by atoms with Gasteiger partial charge < -0.3 is 29.7 Å². The first-order valence-electron chi connectivity index (χ1n) is 12.8. The predicted molar refractivity (Wildman–Crippen MR) is 149 cm³/mol. The minimum absolute atomic E-state index is 0.0611. The van der Waals surface area contributed by atoms with Crippen LogP contribution in [0.1, 0.15) is 59.7 Å². The molecule has 10 heteroatoms. The second-order valence-corrected chi connectivity index (χ2v) is 10.4. The molecule has 1 amide bonds. The summed E-state index contributed by atoms with van der Waals surface area (Å²) in [5, 5.41) is 21.7. The zero-order valence-corrected chi connectivity index (χ0v) is 22.9. The van der Waals surface area contributed by atoms with Gasteiger partial charge in [-0.1, -0.05) is 48.5 Å². The summed E-state index contributed by atoms with van der Waals surface area (Å²) in [6, 6.07) is 21.4. The van der Waals surface area contributed by atoms with Gasteiger partial charge in [0.25, 0.3) is 5.91 Å². The van der Waals surface area contributed by atoms with E-state index in [1.807, 2.05) is 30.3 Å². The maximum Gasteiger partial charge on any atom is 0.336 e. The fourth-order valence-electron chi connectivity index (χ4n) is 4.28. The summed E-state index contributed by atoms with van der Waals surface area (Å²) in [5.74, 6) is -1.51. The van der Waals surface area contributed by atoms with Gasteiger partial charge in [-0.2, -0.15) is 0 Å². The molecule has 210 valence electrons. The monoisotopic (exact) mass is 565 g/mol. The molecule has 1 aliphatic heterocycles. The first-order chi connectivity index (χ1) is 19.2. The first-order valence-corrected chi connectivity index (χ1v) is 13.8. The maximum atomic E-state index is 12.5. The van der Waals surface area contributed by atoms with Gasteiger partial charge in [-0.3, -0.25) is 9.59 Å². The number of nitrogens with one attached hydrogen (secondary N) is 1. The molecule has 0 saturated carbocycles. The van der Waals surface area contributed by atoms with E-state index in [-0.39, 0.29) is 24.4 Å². The largest absolute Gasteiger partial charge is 0.478 e. The smallest absolute Gasteiger partial charge is 0.336 e. The quantitative estimate of drug-likeness (QED) is 0.227. The Labute approximate surface area is 236 Å². The van der Waals surface area contributed by atoms with Crippen LogP contribution in [0, 0.1) is 0 Å². The molecule has 0 spiro atoms. The van der Waals surface area contributed by atoms with Crippen LogP contribution in [0.25, 0.3) is 0 Å². The molecule has 1 saturated heterocycles. The van der Waals surface area contributed by atoms with Crippen LogP contribution in [0.15, 0.2) is 77.7 Å². The summed E-state index contributed by atoms with van der Waals surface area (Å²) in [7, 11) is 0. The minimum atomic E-state index is -0.988. The van der Waals surface area contributed by atoms with E-state index >= 15 is 0 Å². The number of carbonyl (C=O) groups excluding carboxylic acids is 2. The number of carboxylic acid groups (broad SMARTS) is 1. The van der Waals surface area contributed by atoms with Crippen molar-refractivity contribution in [2.45, 2.75) is 56.4 Å². The fraction of sp³-hybridized carbons (Fsp3) is 0.300. The van der Waals surface area contributed by atoms with Crippen molar-refractivity contribution in [3.63, 3.8) is 0 Å². The minimum Gasteiger partial charge on any atom is -0.478 e. The van der Waals surface area contributed by atoms with Crippen LogP contribution in [0.4, 0.5) is 5.69 Å². The van der Waals surface area contributed by atoms with E-state index in [1.165, 1.54) is 25.6 Å². The highest BCUT2D eigenvalue weighted by Gasteiger charge is 2.32. The molecule has 4 rings (SSSR count). The van der Waals surface area contributed by atoms with Crippen LogP contribution in [-0.2, 0) is 30.4 Å². The van der Waals surface area contributed by atoms with Crippen molar-refractivity contribution in [3.05, 3.63) is 95.1 Å². The van der Waals surface area contributed by atoms with E-state index in [0.29, 0.717) is 28.3 Å². The number of hydrogen-bond donors (Lipinski definition) is 3. The average Bonchev–Trinajstić information content (AvgIpc) is 2.96. The summed E-state index contributed by atoms with van der Waals surface area (Å²) in [5.41, 5.74) is 3.11. The fourth-order valence-corrected chi connectivity index (χ4v) is 5.35.